The van der Waals surface area contributed by atoms with Gasteiger partial charge in [-0.15, -0.1) is 0 Å². The highest BCUT2D eigenvalue weighted by Gasteiger charge is 2.49. The molecule has 2 aromatic rings. The summed E-state index contributed by atoms with van der Waals surface area (Å²) in [5, 5.41) is 6.79. The summed E-state index contributed by atoms with van der Waals surface area (Å²) in [6.07, 6.45) is 1.16. The normalized spacial score (nSPS) is 31.5. The van der Waals surface area contributed by atoms with E-state index in [2.05, 4.69) is 15.4 Å². The number of aromatic nitrogens is 3. The van der Waals surface area contributed by atoms with Gasteiger partial charge in [0, 0.05) is 11.7 Å². The van der Waals surface area contributed by atoms with E-state index in [0.29, 0.717) is 16.4 Å². The summed E-state index contributed by atoms with van der Waals surface area (Å²) in [6, 6.07) is 0.952. The molecule has 4 aliphatic rings. The van der Waals surface area contributed by atoms with Gasteiger partial charge in [0.2, 0.25) is 0 Å². The fourth-order valence-electron chi connectivity index (χ4n) is 5.84. The maximum absolute atomic E-state index is 13.4. The molecule has 0 unspecified atom stereocenters. The van der Waals surface area contributed by atoms with Crippen molar-refractivity contribution in [3.63, 3.8) is 0 Å². The van der Waals surface area contributed by atoms with Crippen LogP contribution < -0.4 is 5.32 Å². The molecule has 1 amide bonds. The standard InChI is InChI=1S/C19H20ClF3N4O/c1-8-2-13(19(21,22)23)27-17(24-8)14(20)16(26-27)18(28)25-15-11-4-9-3-10(6-11)7-12(15)5-9/h2,9-12,15H,3-7H2,1H3,(H,25,28). The second-order valence-corrected chi connectivity index (χ2v) is 8.99. The van der Waals surface area contributed by atoms with Crippen molar-refractivity contribution in [2.24, 2.45) is 23.7 Å². The molecule has 9 heteroatoms. The Kier molecular flexibility index (Phi) is 3.96. The smallest absolute Gasteiger partial charge is 0.347 e. The third-order valence-electron chi connectivity index (χ3n) is 6.69. The second-order valence-electron chi connectivity index (χ2n) is 8.61. The van der Waals surface area contributed by atoms with Crippen LogP contribution in [0.1, 0.15) is 54.0 Å². The van der Waals surface area contributed by atoms with Crippen LogP contribution in [0.25, 0.3) is 5.65 Å². The van der Waals surface area contributed by atoms with Gasteiger partial charge in [0.1, 0.15) is 10.7 Å². The van der Waals surface area contributed by atoms with Gasteiger partial charge in [-0.05, 0) is 68.8 Å². The molecule has 0 aliphatic heterocycles. The second kappa shape index (κ2) is 6.08. The third kappa shape index (κ3) is 2.79. The lowest BCUT2D eigenvalue weighted by Crippen LogP contribution is -2.55. The number of carbonyl (C=O) groups is 1. The number of halogens is 4. The molecule has 0 aromatic carbocycles. The SMILES string of the molecule is Cc1cc(C(F)(F)F)n2nc(C(=O)NC3C4CC5CC(C4)CC3C5)c(Cl)c2n1. The maximum Gasteiger partial charge on any atom is 0.433 e. The van der Waals surface area contributed by atoms with Crippen molar-refractivity contribution < 1.29 is 18.0 Å². The molecule has 4 saturated carbocycles. The molecular weight excluding hydrogens is 393 g/mol. The average Bonchev–Trinajstić information content (AvgIpc) is 2.93. The summed E-state index contributed by atoms with van der Waals surface area (Å²) in [5.41, 5.74) is -1.18. The molecule has 1 N–H and O–H groups in total. The summed E-state index contributed by atoms with van der Waals surface area (Å²) in [5.74, 6) is 1.90. The molecule has 0 spiro atoms. The number of fused-ring (bicyclic) bond motifs is 1. The van der Waals surface area contributed by atoms with Crippen molar-refractivity contribution in [1.82, 2.24) is 19.9 Å². The largest absolute Gasteiger partial charge is 0.433 e. The zero-order valence-corrected chi connectivity index (χ0v) is 16.0. The summed E-state index contributed by atoms with van der Waals surface area (Å²) < 4.78 is 40.8. The highest BCUT2D eigenvalue weighted by molar-refractivity contribution is 6.36. The number of carbonyl (C=O) groups excluding carboxylic acids is 1. The van der Waals surface area contributed by atoms with Gasteiger partial charge in [0.15, 0.2) is 11.3 Å². The van der Waals surface area contributed by atoms with Crippen molar-refractivity contribution in [2.75, 3.05) is 0 Å². The number of aryl methyl sites for hydroxylation is 1. The van der Waals surface area contributed by atoms with Crippen LogP contribution in [0, 0.1) is 30.6 Å². The van der Waals surface area contributed by atoms with Gasteiger partial charge in [-0.25, -0.2) is 9.50 Å². The molecule has 2 aromatic heterocycles. The van der Waals surface area contributed by atoms with Crippen LogP contribution in [0.4, 0.5) is 13.2 Å². The summed E-state index contributed by atoms with van der Waals surface area (Å²) in [4.78, 5) is 17.0. The van der Waals surface area contributed by atoms with Crippen molar-refractivity contribution in [3.05, 3.63) is 28.2 Å². The van der Waals surface area contributed by atoms with E-state index in [1.54, 1.807) is 0 Å². The Morgan fingerprint density at radius 1 is 1.18 bits per heavy atom. The molecule has 150 valence electrons. The van der Waals surface area contributed by atoms with Gasteiger partial charge in [0.25, 0.3) is 5.91 Å². The minimum atomic E-state index is -4.63. The van der Waals surface area contributed by atoms with Gasteiger partial charge in [-0.3, -0.25) is 4.79 Å². The van der Waals surface area contributed by atoms with Crippen LogP contribution in [0.3, 0.4) is 0 Å². The minimum absolute atomic E-state index is 0.0537. The van der Waals surface area contributed by atoms with E-state index in [1.165, 1.54) is 13.3 Å². The summed E-state index contributed by atoms with van der Waals surface area (Å²) >= 11 is 6.24. The number of nitrogens with zero attached hydrogens (tertiary/aromatic N) is 3. The van der Waals surface area contributed by atoms with Crippen molar-refractivity contribution in [3.8, 4) is 0 Å². The monoisotopic (exact) mass is 412 g/mol. The molecule has 28 heavy (non-hydrogen) atoms. The topological polar surface area (TPSA) is 59.3 Å². The maximum atomic E-state index is 13.4. The lowest BCUT2D eigenvalue weighted by atomic mass is 9.54. The van der Waals surface area contributed by atoms with Gasteiger partial charge in [0.05, 0.1) is 0 Å². The molecular formula is C19H20ClF3N4O. The molecule has 0 atom stereocenters. The first-order valence-electron chi connectivity index (χ1n) is 9.64. The first-order valence-corrected chi connectivity index (χ1v) is 10.0. The van der Waals surface area contributed by atoms with Crippen molar-refractivity contribution in [1.29, 1.82) is 0 Å². The molecule has 4 fully saturated rings. The zero-order valence-electron chi connectivity index (χ0n) is 15.3. The first-order chi connectivity index (χ1) is 13.2. The predicted octanol–water partition coefficient (Wildman–Crippen LogP) is 4.26. The molecule has 0 saturated heterocycles. The van der Waals surface area contributed by atoms with Gasteiger partial charge in [-0.1, -0.05) is 11.6 Å². The number of hydrogen-bond donors (Lipinski definition) is 1. The van der Waals surface area contributed by atoms with Gasteiger partial charge < -0.3 is 5.32 Å². The third-order valence-corrected chi connectivity index (χ3v) is 7.04. The van der Waals surface area contributed by atoms with E-state index >= 15 is 0 Å². The van der Waals surface area contributed by atoms with E-state index in [-0.39, 0.29) is 28.1 Å². The van der Waals surface area contributed by atoms with E-state index in [9.17, 15) is 18.0 Å². The van der Waals surface area contributed by atoms with Crippen molar-refractivity contribution in [2.45, 2.75) is 51.2 Å². The Morgan fingerprint density at radius 3 is 2.36 bits per heavy atom. The van der Waals surface area contributed by atoms with Crippen LogP contribution in [0.15, 0.2) is 6.07 Å². The molecule has 0 radical (unpaired) electrons. The van der Waals surface area contributed by atoms with Gasteiger partial charge in [-0.2, -0.15) is 18.3 Å². The van der Waals surface area contributed by atoms with Crippen LogP contribution >= 0.6 is 11.6 Å². The Bertz CT molecular complexity index is 942. The molecule has 5 nitrogen and oxygen atoms in total. The number of alkyl halides is 3. The van der Waals surface area contributed by atoms with Crippen LogP contribution in [-0.2, 0) is 6.18 Å². The Labute approximate surface area is 164 Å². The lowest BCUT2D eigenvalue weighted by Gasteiger charge is -2.54. The van der Waals surface area contributed by atoms with Crippen molar-refractivity contribution >= 4 is 23.2 Å². The lowest BCUT2D eigenvalue weighted by molar-refractivity contribution is -0.142. The number of amides is 1. The number of nitrogens with one attached hydrogen (secondary N) is 1. The summed E-state index contributed by atoms with van der Waals surface area (Å²) in [7, 11) is 0. The zero-order chi connectivity index (χ0) is 19.8. The minimum Gasteiger partial charge on any atom is -0.347 e. The average molecular weight is 413 g/mol. The summed E-state index contributed by atoms with van der Waals surface area (Å²) in [6.45, 7) is 1.45. The van der Waals surface area contributed by atoms with E-state index < -0.39 is 17.8 Å². The number of rotatable bonds is 2. The fraction of sp³-hybridized carbons (Fsp3) is 0.632. The van der Waals surface area contributed by atoms with Crippen LogP contribution in [-0.4, -0.2) is 26.5 Å². The highest BCUT2D eigenvalue weighted by Crippen LogP contribution is 2.53. The Morgan fingerprint density at radius 2 is 1.79 bits per heavy atom. The van der Waals surface area contributed by atoms with E-state index in [4.69, 9.17) is 11.6 Å². The van der Waals surface area contributed by atoms with E-state index in [1.807, 2.05) is 0 Å². The molecule has 4 aliphatic carbocycles. The quantitative estimate of drug-likeness (QED) is 0.801. The Balaban J connectivity index is 1.48. The predicted molar refractivity (Wildman–Crippen MR) is 96.0 cm³/mol. The molecule has 6 rings (SSSR count). The fourth-order valence-corrected chi connectivity index (χ4v) is 6.09. The molecule has 2 heterocycles. The van der Waals surface area contributed by atoms with Gasteiger partial charge >= 0.3 is 6.18 Å². The highest BCUT2D eigenvalue weighted by atomic mass is 35.5. The Hall–Kier alpha value is -1.83. The van der Waals surface area contributed by atoms with Crippen LogP contribution in [0.2, 0.25) is 5.02 Å². The van der Waals surface area contributed by atoms with Crippen LogP contribution in [0.5, 0.6) is 0 Å². The first kappa shape index (κ1) is 18.2. The van der Waals surface area contributed by atoms with E-state index in [0.717, 1.165) is 43.6 Å². The molecule has 4 bridgehead atoms. The number of hydrogen-bond acceptors (Lipinski definition) is 3.